The van der Waals surface area contributed by atoms with Crippen molar-refractivity contribution in [3.63, 3.8) is 0 Å². The van der Waals surface area contributed by atoms with Crippen LogP contribution in [0.1, 0.15) is 6.42 Å². The minimum Gasteiger partial charge on any atom is -0.230 e. The van der Waals surface area contributed by atoms with Gasteiger partial charge in [-0.1, -0.05) is 35.5 Å². The zero-order valence-corrected chi connectivity index (χ0v) is 13.7. The molecule has 1 fully saturated rings. The van der Waals surface area contributed by atoms with E-state index in [0.29, 0.717) is 5.92 Å². The fourth-order valence-electron chi connectivity index (χ4n) is 1.70. The average molecular weight is 351 g/mol. The molecule has 0 aliphatic heterocycles. The number of halogens is 3. The van der Waals surface area contributed by atoms with Crippen molar-refractivity contribution in [2.75, 3.05) is 5.75 Å². The number of thiazole rings is 1. The first-order valence-corrected chi connectivity index (χ1v) is 8.76. The maximum Gasteiger partial charge on any atom is 0.150 e. The van der Waals surface area contributed by atoms with E-state index in [1.807, 2.05) is 24.3 Å². The van der Waals surface area contributed by atoms with Crippen LogP contribution in [0.4, 0.5) is 0 Å². The zero-order valence-electron chi connectivity index (χ0n) is 9.78. The lowest BCUT2D eigenvalue weighted by atomic mass is 10.2. The normalized spacial score (nSPS) is 20.5. The first-order valence-electron chi connectivity index (χ1n) is 5.77. The number of alkyl halides is 2. The summed E-state index contributed by atoms with van der Waals surface area (Å²) in [5.74, 6) is 1.32. The van der Waals surface area contributed by atoms with Crippen LogP contribution in [0.25, 0.3) is 11.3 Å². The van der Waals surface area contributed by atoms with E-state index in [-0.39, 0.29) is 0 Å². The van der Waals surface area contributed by atoms with Gasteiger partial charge in [0.25, 0.3) is 0 Å². The third kappa shape index (κ3) is 3.40. The summed E-state index contributed by atoms with van der Waals surface area (Å²) in [4.78, 5) is 4.61. The fourth-order valence-corrected chi connectivity index (χ4v) is 4.62. The summed E-state index contributed by atoms with van der Waals surface area (Å²) in [6.07, 6.45) is 0.887. The summed E-state index contributed by atoms with van der Waals surface area (Å²) in [7, 11) is 0. The molecular formula is C13H10Cl3NS2. The Labute approximate surface area is 135 Å². The molecule has 1 atom stereocenters. The van der Waals surface area contributed by atoms with Crippen molar-refractivity contribution in [1.29, 1.82) is 0 Å². The Morgan fingerprint density at radius 1 is 1.32 bits per heavy atom. The predicted molar refractivity (Wildman–Crippen MR) is 85.8 cm³/mol. The van der Waals surface area contributed by atoms with Gasteiger partial charge in [0.15, 0.2) is 4.34 Å². The quantitative estimate of drug-likeness (QED) is 0.514. The molecule has 1 heterocycles. The molecular weight excluding hydrogens is 341 g/mol. The van der Waals surface area contributed by atoms with E-state index in [2.05, 4.69) is 10.4 Å². The summed E-state index contributed by atoms with van der Waals surface area (Å²) >= 11 is 21.3. The Morgan fingerprint density at radius 2 is 2.00 bits per heavy atom. The number of hydrogen-bond donors (Lipinski definition) is 0. The Balaban J connectivity index is 1.64. The van der Waals surface area contributed by atoms with E-state index >= 15 is 0 Å². The molecule has 1 aromatic carbocycles. The molecule has 19 heavy (non-hydrogen) atoms. The maximum atomic E-state index is 6.01. The van der Waals surface area contributed by atoms with Crippen LogP contribution in [0.5, 0.6) is 0 Å². The van der Waals surface area contributed by atoms with E-state index in [0.717, 1.165) is 32.8 Å². The highest BCUT2D eigenvalue weighted by Gasteiger charge is 2.51. The van der Waals surface area contributed by atoms with E-state index in [9.17, 15) is 0 Å². The summed E-state index contributed by atoms with van der Waals surface area (Å²) in [5.41, 5.74) is 2.07. The third-order valence-electron chi connectivity index (χ3n) is 2.99. The highest BCUT2D eigenvalue weighted by Crippen LogP contribution is 2.55. The summed E-state index contributed by atoms with van der Waals surface area (Å²) in [6.45, 7) is 0. The van der Waals surface area contributed by atoms with Crippen molar-refractivity contribution < 1.29 is 0 Å². The van der Waals surface area contributed by atoms with E-state index in [1.165, 1.54) is 0 Å². The van der Waals surface area contributed by atoms with Gasteiger partial charge in [-0.15, -0.1) is 34.5 Å². The standard InChI is InChI=1S/C13H10Cl3NS2/c14-10-3-1-8(2-4-10)11-7-19-12(17-11)18-6-9-5-13(9,15)16/h1-4,7,9H,5-6H2. The van der Waals surface area contributed by atoms with Gasteiger partial charge in [0.1, 0.15) is 4.33 Å². The molecule has 0 bridgehead atoms. The van der Waals surface area contributed by atoms with Gasteiger partial charge in [-0.3, -0.25) is 0 Å². The number of thioether (sulfide) groups is 1. The van der Waals surface area contributed by atoms with Crippen LogP contribution in [0.3, 0.4) is 0 Å². The van der Waals surface area contributed by atoms with Crippen LogP contribution in [-0.2, 0) is 0 Å². The summed E-state index contributed by atoms with van der Waals surface area (Å²) < 4.78 is 0.560. The molecule has 0 N–H and O–H groups in total. The van der Waals surface area contributed by atoms with Crippen molar-refractivity contribution in [2.45, 2.75) is 15.1 Å². The predicted octanol–water partition coefficient (Wildman–Crippen LogP) is 5.75. The lowest BCUT2D eigenvalue weighted by Gasteiger charge is -1.98. The SMILES string of the molecule is Clc1ccc(-c2csc(SCC3CC3(Cl)Cl)n2)cc1. The Morgan fingerprint density at radius 3 is 2.63 bits per heavy atom. The van der Waals surface area contributed by atoms with E-state index < -0.39 is 4.33 Å². The molecule has 3 rings (SSSR count). The van der Waals surface area contributed by atoms with Gasteiger partial charge in [-0.05, 0) is 18.6 Å². The molecule has 0 spiro atoms. The lowest BCUT2D eigenvalue weighted by molar-refractivity contribution is 0.978. The number of hydrogen-bond acceptors (Lipinski definition) is 3. The highest BCUT2D eigenvalue weighted by molar-refractivity contribution is 8.01. The van der Waals surface area contributed by atoms with Gasteiger partial charge >= 0.3 is 0 Å². The zero-order chi connectivity index (χ0) is 13.5. The number of aromatic nitrogens is 1. The smallest absolute Gasteiger partial charge is 0.150 e. The molecule has 100 valence electrons. The van der Waals surface area contributed by atoms with Crippen LogP contribution in [0.15, 0.2) is 34.0 Å². The number of benzene rings is 1. The van der Waals surface area contributed by atoms with Crippen LogP contribution < -0.4 is 0 Å². The highest BCUT2D eigenvalue weighted by atomic mass is 35.5. The monoisotopic (exact) mass is 349 g/mol. The molecule has 2 aromatic rings. The van der Waals surface area contributed by atoms with Crippen molar-refractivity contribution in [1.82, 2.24) is 4.98 Å². The van der Waals surface area contributed by atoms with Gasteiger partial charge in [0, 0.05) is 27.6 Å². The van der Waals surface area contributed by atoms with Crippen LogP contribution in [0, 0.1) is 5.92 Å². The van der Waals surface area contributed by atoms with E-state index in [4.69, 9.17) is 34.8 Å². The first kappa shape index (κ1) is 14.0. The number of rotatable bonds is 4. The molecule has 6 heteroatoms. The Bertz CT molecular complexity index is 580. The molecule has 1 nitrogen and oxygen atoms in total. The topological polar surface area (TPSA) is 12.9 Å². The minimum atomic E-state index is -0.497. The third-order valence-corrected chi connectivity index (χ3v) is 6.35. The summed E-state index contributed by atoms with van der Waals surface area (Å²) in [5, 5.41) is 2.80. The van der Waals surface area contributed by atoms with Crippen molar-refractivity contribution in [3.05, 3.63) is 34.7 Å². The molecule has 0 saturated heterocycles. The number of nitrogens with zero attached hydrogens (tertiary/aromatic N) is 1. The van der Waals surface area contributed by atoms with Crippen LogP contribution in [-0.4, -0.2) is 15.1 Å². The first-order chi connectivity index (χ1) is 9.04. The molecule has 1 aromatic heterocycles. The van der Waals surface area contributed by atoms with Gasteiger partial charge in [-0.25, -0.2) is 4.98 Å². The van der Waals surface area contributed by atoms with Crippen molar-refractivity contribution in [3.8, 4) is 11.3 Å². The van der Waals surface area contributed by atoms with Crippen LogP contribution in [0.2, 0.25) is 5.02 Å². The lowest BCUT2D eigenvalue weighted by Crippen LogP contribution is -1.92. The van der Waals surface area contributed by atoms with Crippen molar-refractivity contribution in [2.24, 2.45) is 5.92 Å². The largest absolute Gasteiger partial charge is 0.230 e. The van der Waals surface area contributed by atoms with Crippen molar-refractivity contribution >= 4 is 57.9 Å². The maximum absolute atomic E-state index is 6.01. The second-order valence-electron chi connectivity index (χ2n) is 4.48. The minimum absolute atomic E-state index is 0.392. The molecule has 0 amide bonds. The Hall–Kier alpha value is 0.0700. The second-order valence-corrected chi connectivity index (χ2v) is 8.58. The molecule has 1 aliphatic carbocycles. The Kier molecular flexibility index (Phi) is 4.03. The van der Waals surface area contributed by atoms with Crippen LogP contribution >= 0.6 is 57.9 Å². The molecule has 1 saturated carbocycles. The van der Waals surface area contributed by atoms with Gasteiger partial charge in [0.2, 0.25) is 0 Å². The second kappa shape index (κ2) is 5.45. The molecule has 0 radical (unpaired) electrons. The molecule has 1 aliphatic rings. The molecule has 1 unspecified atom stereocenters. The summed E-state index contributed by atoms with van der Waals surface area (Å²) in [6, 6.07) is 7.72. The average Bonchev–Trinajstić information content (AvgIpc) is 2.79. The van der Waals surface area contributed by atoms with Gasteiger partial charge < -0.3 is 0 Å². The van der Waals surface area contributed by atoms with Gasteiger partial charge in [-0.2, -0.15) is 0 Å². The van der Waals surface area contributed by atoms with Gasteiger partial charge in [0.05, 0.1) is 5.69 Å². The fraction of sp³-hybridized carbons (Fsp3) is 0.308. The van der Waals surface area contributed by atoms with E-state index in [1.54, 1.807) is 23.1 Å².